The number of hydrogen-bond acceptors (Lipinski definition) is 5. The van der Waals surface area contributed by atoms with E-state index >= 15 is 0 Å². The van der Waals surface area contributed by atoms with Gasteiger partial charge in [-0.25, -0.2) is 4.98 Å². The van der Waals surface area contributed by atoms with E-state index in [1.165, 1.54) is 6.20 Å². The van der Waals surface area contributed by atoms with Gasteiger partial charge in [-0.3, -0.25) is 9.78 Å². The Hall–Kier alpha value is -2.80. The van der Waals surface area contributed by atoms with E-state index in [2.05, 4.69) is 15.3 Å². The summed E-state index contributed by atoms with van der Waals surface area (Å²) in [4.78, 5) is 20.7. The van der Waals surface area contributed by atoms with Gasteiger partial charge in [0.05, 0.1) is 31.1 Å². The Morgan fingerprint density at radius 3 is 2.85 bits per heavy atom. The highest BCUT2D eigenvalue weighted by Gasteiger charge is 2.24. The smallest absolute Gasteiger partial charge is 0.253 e. The summed E-state index contributed by atoms with van der Waals surface area (Å²) >= 11 is 6.47. The van der Waals surface area contributed by atoms with Crippen LogP contribution in [0.4, 0.5) is 0 Å². The van der Waals surface area contributed by atoms with Gasteiger partial charge in [0.2, 0.25) is 0 Å². The highest BCUT2D eigenvalue weighted by atomic mass is 35.5. The number of rotatable bonds is 6. The van der Waals surface area contributed by atoms with Crippen LogP contribution in [0, 0.1) is 0 Å². The van der Waals surface area contributed by atoms with Gasteiger partial charge in [-0.1, -0.05) is 11.6 Å². The summed E-state index contributed by atoms with van der Waals surface area (Å²) in [7, 11) is 3.40. The fraction of sp³-hybridized carbons (Fsp3) is 0.278. The van der Waals surface area contributed by atoms with Crippen LogP contribution in [0.1, 0.15) is 22.8 Å². The van der Waals surface area contributed by atoms with Gasteiger partial charge in [0, 0.05) is 31.5 Å². The van der Waals surface area contributed by atoms with Crippen LogP contribution in [0.25, 0.3) is 11.0 Å². The second-order valence-corrected chi connectivity index (χ2v) is 5.94. The highest BCUT2D eigenvalue weighted by Crippen LogP contribution is 2.44. The molecule has 3 rings (SSSR count). The summed E-state index contributed by atoms with van der Waals surface area (Å²) in [5.41, 5.74) is 2.60. The normalized spacial score (nSPS) is 10.8. The Labute approximate surface area is 155 Å². The van der Waals surface area contributed by atoms with E-state index in [-0.39, 0.29) is 12.5 Å². The molecule has 0 aliphatic heterocycles. The average Bonchev–Trinajstić information content (AvgIpc) is 3.05. The number of amides is 1. The van der Waals surface area contributed by atoms with Crippen molar-refractivity contribution in [3.8, 4) is 11.5 Å². The van der Waals surface area contributed by atoms with Crippen molar-refractivity contribution in [1.82, 2.24) is 19.9 Å². The quantitative estimate of drug-likeness (QED) is 0.717. The molecule has 8 heteroatoms. The van der Waals surface area contributed by atoms with Gasteiger partial charge in [-0.2, -0.15) is 0 Å². The molecule has 1 N–H and O–H groups in total. The molecule has 2 aromatic heterocycles. The zero-order valence-electron chi connectivity index (χ0n) is 14.7. The Kier molecular flexibility index (Phi) is 5.27. The first kappa shape index (κ1) is 18.0. The van der Waals surface area contributed by atoms with E-state index in [0.29, 0.717) is 34.2 Å². The molecule has 7 nitrogen and oxygen atoms in total. The number of nitrogens with zero attached hydrogens (tertiary/aromatic N) is 3. The van der Waals surface area contributed by atoms with E-state index in [1.807, 2.05) is 18.5 Å². The number of hydrogen-bond donors (Lipinski definition) is 1. The first-order valence-electron chi connectivity index (χ1n) is 8.08. The molecule has 3 aromatic rings. The number of ether oxygens (including phenoxy) is 2. The van der Waals surface area contributed by atoms with Crippen molar-refractivity contribution in [2.75, 3.05) is 13.7 Å². The third-order valence-corrected chi connectivity index (χ3v) is 4.30. The minimum absolute atomic E-state index is 0.226. The van der Waals surface area contributed by atoms with Crippen LogP contribution in [0.3, 0.4) is 0 Å². The van der Waals surface area contributed by atoms with Gasteiger partial charge in [0.1, 0.15) is 10.5 Å². The SMILES string of the molecule is CCOc1c(OC)c(CNC(=O)c2cccnc2)c2c(ncn2C)c1Cl. The standard InChI is InChI=1S/C18H19ClN4O3/c1-4-26-17-13(19)14-15(23(2)10-22-14)12(16(17)25-3)9-21-18(24)11-6-5-7-20-8-11/h5-8,10H,4,9H2,1-3H3,(H,21,24). The minimum atomic E-state index is -0.233. The van der Waals surface area contributed by atoms with Gasteiger partial charge in [0.25, 0.3) is 5.91 Å². The van der Waals surface area contributed by atoms with E-state index in [1.54, 1.807) is 31.8 Å². The molecule has 26 heavy (non-hydrogen) atoms. The highest BCUT2D eigenvalue weighted by molar-refractivity contribution is 6.37. The topological polar surface area (TPSA) is 78.3 Å². The van der Waals surface area contributed by atoms with Gasteiger partial charge < -0.3 is 19.4 Å². The molecule has 0 aliphatic carbocycles. The summed E-state index contributed by atoms with van der Waals surface area (Å²) in [6, 6.07) is 3.41. The number of imidazole rings is 1. The van der Waals surface area contributed by atoms with E-state index in [9.17, 15) is 4.79 Å². The molecule has 0 saturated heterocycles. The average molecular weight is 375 g/mol. The molecule has 0 atom stereocenters. The number of aromatic nitrogens is 3. The monoisotopic (exact) mass is 374 g/mol. The predicted molar refractivity (Wildman–Crippen MR) is 98.9 cm³/mol. The number of halogens is 1. The van der Waals surface area contributed by atoms with E-state index in [0.717, 1.165) is 11.1 Å². The van der Waals surface area contributed by atoms with Crippen LogP contribution in [-0.4, -0.2) is 34.2 Å². The van der Waals surface area contributed by atoms with Crippen LogP contribution >= 0.6 is 11.6 Å². The number of methoxy groups -OCH3 is 1. The number of benzene rings is 1. The first-order chi connectivity index (χ1) is 12.6. The molecular formula is C18H19ClN4O3. The van der Waals surface area contributed by atoms with E-state index < -0.39 is 0 Å². The molecule has 0 fully saturated rings. The molecule has 2 heterocycles. The molecular weight excluding hydrogens is 356 g/mol. The summed E-state index contributed by atoms with van der Waals surface area (Å²) in [5.74, 6) is 0.677. The van der Waals surface area contributed by atoms with Crippen LogP contribution in [0.5, 0.6) is 11.5 Å². The molecule has 1 aromatic carbocycles. The lowest BCUT2D eigenvalue weighted by Crippen LogP contribution is -2.23. The summed E-state index contributed by atoms with van der Waals surface area (Å²) in [5, 5.41) is 3.28. The lowest BCUT2D eigenvalue weighted by Gasteiger charge is -2.17. The fourth-order valence-electron chi connectivity index (χ4n) is 2.82. The maximum absolute atomic E-state index is 12.4. The molecule has 0 spiro atoms. The van der Waals surface area contributed by atoms with Gasteiger partial charge in [-0.15, -0.1) is 0 Å². The van der Waals surface area contributed by atoms with Crippen LogP contribution in [0.15, 0.2) is 30.9 Å². The molecule has 0 unspecified atom stereocenters. The molecule has 0 radical (unpaired) electrons. The number of fused-ring (bicyclic) bond motifs is 1. The lowest BCUT2D eigenvalue weighted by atomic mass is 10.1. The number of pyridine rings is 1. The molecule has 0 bridgehead atoms. The number of carbonyl (C=O) groups is 1. The first-order valence-corrected chi connectivity index (χ1v) is 8.46. The van der Waals surface area contributed by atoms with Crippen molar-refractivity contribution < 1.29 is 14.3 Å². The maximum Gasteiger partial charge on any atom is 0.253 e. The second-order valence-electron chi connectivity index (χ2n) is 5.56. The molecule has 0 saturated carbocycles. The zero-order valence-corrected chi connectivity index (χ0v) is 15.5. The Morgan fingerprint density at radius 1 is 1.38 bits per heavy atom. The van der Waals surface area contributed by atoms with Gasteiger partial charge in [-0.05, 0) is 19.1 Å². The van der Waals surface area contributed by atoms with Crippen molar-refractivity contribution in [2.45, 2.75) is 13.5 Å². The Morgan fingerprint density at radius 2 is 2.19 bits per heavy atom. The Bertz CT molecular complexity index is 941. The van der Waals surface area contributed by atoms with Crippen LogP contribution in [0.2, 0.25) is 5.02 Å². The van der Waals surface area contributed by atoms with E-state index in [4.69, 9.17) is 21.1 Å². The lowest BCUT2D eigenvalue weighted by molar-refractivity contribution is 0.0950. The summed E-state index contributed by atoms with van der Waals surface area (Å²) < 4.78 is 13.1. The zero-order chi connectivity index (χ0) is 18.7. The van der Waals surface area contributed by atoms with Crippen molar-refractivity contribution in [2.24, 2.45) is 7.05 Å². The molecule has 0 aliphatic rings. The van der Waals surface area contributed by atoms with Crippen LogP contribution in [-0.2, 0) is 13.6 Å². The van der Waals surface area contributed by atoms with Crippen molar-refractivity contribution in [1.29, 1.82) is 0 Å². The van der Waals surface area contributed by atoms with Crippen molar-refractivity contribution in [3.63, 3.8) is 0 Å². The summed E-state index contributed by atoms with van der Waals surface area (Å²) in [6.45, 7) is 2.52. The largest absolute Gasteiger partial charge is 0.492 e. The number of aryl methyl sites for hydroxylation is 1. The van der Waals surface area contributed by atoms with Gasteiger partial charge >= 0.3 is 0 Å². The second kappa shape index (κ2) is 7.61. The van der Waals surface area contributed by atoms with Crippen molar-refractivity contribution >= 4 is 28.5 Å². The number of carbonyl (C=O) groups excluding carboxylic acids is 1. The van der Waals surface area contributed by atoms with Crippen molar-refractivity contribution in [3.05, 3.63) is 47.0 Å². The maximum atomic E-state index is 12.4. The Balaban J connectivity index is 2.04. The minimum Gasteiger partial charge on any atom is -0.492 e. The number of nitrogens with one attached hydrogen (secondary N) is 1. The third-order valence-electron chi connectivity index (χ3n) is 3.95. The van der Waals surface area contributed by atoms with Gasteiger partial charge in [0.15, 0.2) is 11.5 Å². The van der Waals surface area contributed by atoms with Crippen LogP contribution < -0.4 is 14.8 Å². The molecule has 1 amide bonds. The third kappa shape index (κ3) is 3.17. The molecule has 136 valence electrons. The fourth-order valence-corrected chi connectivity index (χ4v) is 3.10. The predicted octanol–water partition coefficient (Wildman–Crippen LogP) is 2.96. The summed E-state index contributed by atoms with van der Waals surface area (Å²) in [6.07, 6.45) is 4.80.